The maximum Gasteiger partial charge on any atom is 0.355 e. The van der Waals surface area contributed by atoms with Crippen LogP contribution in [-0.2, 0) is 11.3 Å². The van der Waals surface area contributed by atoms with Crippen molar-refractivity contribution in [2.45, 2.75) is 38.1 Å². The number of carboxylic acid groups (broad SMARTS) is 1. The molecule has 1 aromatic heterocycles. The third kappa shape index (κ3) is 4.00. The zero-order chi connectivity index (χ0) is 16.9. The molecular formula is C18H20N2O3S. The molecule has 126 valence electrons. The quantitative estimate of drug-likeness (QED) is 0.871. The van der Waals surface area contributed by atoms with Crippen molar-refractivity contribution >= 4 is 23.2 Å². The number of carbonyl (C=O) groups excluding carboxylic acids is 1. The van der Waals surface area contributed by atoms with Gasteiger partial charge in [-0.2, -0.15) is 0 Å². The lowest BCUT2D eigenvalue weighted by Gasteiger charge is -2.28. The zero-order valence-electron chi connectivity index (χ0n) is 13.3. The Labute approximate surface area is 144 Å². The van der Waals surface area contributed by atoms with Crippen LogP contribution >= 0.6 is 11.3 Å². The first-order valence-electron chi connectivity index (χ1n) is 8.14. The fraction of sp³-hybridized carbons (Fsp3) is 0.389. The summed E-state index contributed by atoms with van der Waals surface area (Å²) in [5, 5.41) is 13.9. The Kier molecular flexibility index (Phi) is 5.25. The van der Waals surface area contributed by atoms with Gasteiger partial charge in [-0.1, -0.05) is 30.3 Å². The predicted molar refractivity (Wildman–Crippen MR) is 92.1 cm³/mol. The molecule has 24 heavy (non-hydrogen) atoms. The summed E-state index contributed by atoms with van der Waals surface area (Å²) >= 11 is 1.26. The number of thiazole rings is 1. The Morgan fingerprint density at radius 2 is 1.88 bits per heavy atom. The van der Waals surface area contributed by atoms with Crippen LogP contribution in [0.15, 0.2) is 35.7 Å². The molecule has 0 spiro atoms. The van der Waals surface area contributed by atoms with Crippen LogP contribution in [0.3, 0.4) is 0 Å². The van der Waals surface area contributed by atoms with Gasteiger partial charge in [0, 0.05) is 11.3 Å². The Bertz CT molecular complexity index is 706. The Hall–Kier alpha value is -2.21. The van der Waals surface area contributed by atoms with E-state index in [2.05, 4.69) is 34.6 Å². The van der Waals surface area contributed by atoms with E-state index in [0.29, 0.717) is 17.5 Å². The Morgan fingerprint density at radius 3 is 2.50 bits per heavy atom. The molecule has 0 atom stereocenters. The van der Waals surface area contributed by atoms with Gasteiger partial charge in [-0.25, -0.2) is 9.78 Å². The maximum absolute atomic E-state index is 12.3. The molecule has 2 aromatic rings. The molecule has 0 bridgehead atoms. The molecule has 1 aliphatic rings. The molecule has 1 amide bonds. The number of amides is 1. The normalized spacial score (nSPS) is 20.5. The topological polar surface area (TPSA) is 79.3 Å². The third-order valence-electron chi connectivity index (χ3n) is 4.55. The van der Waals surface area contributed by atoms with Crippen LogP contribution in [0.1, 0.15) is 52.7 Å². The number of hydrogen-bond acceptors (Lipinski definition) is 4. The molecule has 2 N–H and O–H groups in total. The number of rotatable bonds is 5. The highest BCUT2D eigenvalue weighted by molar-refractivity contribution is 7.09. The molecule has 3 rings (SSSR count). The second kappa shape index (κ2) is 7.57. The summed E-state index contributed by atoms with van der Waals surface area (Å²) in [6, 6.07) is 10.5. The molecule has 1 saturated carbocycles. The van der Waals surface area contributed by atoms with E-state index in [1.165, 1.54) is 22.3 Å². The summed E-state index contributed by atoms with van der Waals surface area (Å²) in [7, 11) is 0. The molecular weight excluding hydrogens is 324 g/mol. The summed E-state index contributed by atoms with van der Waals surface area (Å²) < 4.78 is 0. The minimum atomic E-state index is -1.04. The first kappa shape index (κ1) is 16.6. The molecule has 0 unspecified atom stereocenters. The number of nitrogens with zero attached hydrogens (tertiary/aromatic N) is 1. The second-order valence-corrected chi connectivity index (χ2v) is 7.05. The summed E-state index contributed by atoms with van der Waals surface area (Å²) in [5.74, 6) is -0.396. The number of aromatic nitrogens is 1. The van der Waals surface area contributed by atoms with Gasteiger partial charge < -0.3 is 10.4 Å². The van der Waals surface area contributed by atoms with Crippen molar-refractivity contribution < 1.29 is 14.7 Å². The molecule has 1 aliphatic carbocycles. The van der Waals surface area contributed by atoms with Crippen molar-refractivity contribution in [2.75, 3.05) is 0 Å². The van der Waals surface area contributed by atoms with E-state index in [0.717, 1.165) is 25.7 Å². The second-order valence-electron chi connectivity index (χ2n) is 6.11. The van der Waals surface area contributed by atoms with Crippen LogP contribution in [0.4, 0.5) is 0 Å². The molecule has 0 radical (unpaired) electrons. The minimum absolute atomic E-state index is 0.0348. The van der Waals surface area contributed by atoms with Gasteiger partial charge in [-0.3, -0.25) is 4.79 Å². The van der Waals surface area contributed by atoms with E-state index in [4.69, 9.17) is 5.11 Å². The number of benzene rings is 1. The number of carboxylic acids is 1. The van der Waals surface area contributed by atoms with Gasteiger partial charge >= 0.3 is 5.97 Å². The Balaban J connectivity index is 1.47. The Morgan fingerprint density at radius 1 is 1.17 bits per heavy atom. The first-order chi connectivity index (χ1) is 11.6. The SMILES string of the molecule is O=C(O)c1csc(CNC(=O)C2CCC(c3ccccc3)CC2)n1. The van der Waals surface area contributed by atoms with Crippen molar-refractivity contribution in [3.8, 4) is 0 Å². The number of hydrogen-bond donors (Lipinski definition) is 2. The fourth-order valence-corrected chi connectivity index (χ4v) is 3.92. The van der Waals surface area contributed by atoms with Crippen LogP contribution in [0.5, 0.6) is 0 Å². The van der Waals surface area contributed by atoms with Crippen LogP contribution in [0, 0.1) is 5.92 Å². The summed E-state index contributed by atoms with van der Waals surface area (Å²) in [5.41, 5.74) is 1.40. The van der Waals surface area contributed by atoms with Crippen molar-refractivity contribution in [1.82, 2.24) is 10.3 Å². The van der Waals surface area contributed by atoms with E-state index in [-0.39, 0.29) is 17.5 Å². The monoisotopic (exact) mass is 344 g/mol. The van der Waals surface area contributed by atoms with Crippen LogP contribution < -0.4 is 5.32 Å². The third-order valence-corrected chi connectivity index (χ3v) is 5.40. The predicted octanol–water partition coefficient (Wildman–Crippen LogP) is 3.43. The molecule has 1 heterocycles. The summed E-state index contributed by atoms with van der Waals surface area (Å²) in [6.07, 6.45) is 3.85. The van der Waals surface area contributed by atoms with Gasteiger partial charge in [-0.05, 0) is 37.2 Å². The summed E-state index contributed by atoms with van der Waals surface area (Å²) in [4.78, 5) is 27.1. The minimum Gasteiger partial charge on any atom is -0.476 e. The molecule has 0 saturated heterocycles. The molecule has 0 aliphatic heterocycles. The summed E-state index contributed by atoms with van der Waals surface area (Å²) in [6.45, 7) is 0.301. The molecule has 1 aromatic carbocycles. The average Bonchev–Trinajstić information content (AvgIpc) is 3.10. The maximum atomic E-state index is 12.3. The van der Waals surface area contributed by atoms with E-state index in [1.807, 2.05) is 6.07 Å². The first-order valence-corrected chi connectivity index (χ1v) is 9.02. The van der Waals surface area contributed by atoms with Gasteiger partial charge in [0.05, 0.1) is 6.54 Å². The van der Waals surface area contributed by atoms with Gasteiger partial charge in [0.15, 0.2) is 5.69 Å². The van der Waals surface area contributed by atoms with E-state index in [9.17, 15) is 9.59 Å². The molecule has 1 fully saturated rings. The molecule has 6 heteroatoms. The standard InChI is InChI=1S/C18H20N2O3S/c21-17(19-10-16-20-15(11-24-16)18(22)23)14-8-6-13(7-9-14)12-4-2-1-3-5-12/h1-5,11,13-14H,6-10H2,(H,19,21)(H,22,23). The fourth-order valence-electron chi connectivity index (χ4n) is 3.21. The lowest BCUT2D eigenvalue weighted by molar-refractivity contribution is -0.126. The highest BCUT2D eigenvalue weighted by atomic mass is 32.1. The lowest BCUT2D eigenvalue weighted by Crippen LogP contribution is -2.32. The average molecular weight is 344 g/mol. The van der Waals surface area contributed by atoms with E-state index in [1.54, 1.807) is 0 Å². The van der Waals surface area contributed by atoms with Crippen molar-refractivity contribution in [3.63, 3.8) is 0 Å². The lowest BCUT2D eigenvalue weighted by atomic mass is 9.78. The van der Waals surface area contributed by atoms with Crippen LogP contribution in [-0.4, -0.2) is 22.0 Å². The van der Waals surface area contributed by atoms with Gasteiger partial charge in [0.1, 0.15) is 5.01 Å². The van der Waals surface area contributed by atoms with Crippen LogP contribution in [0.25, 0.3) is 0 Å². The van der Waals surface area contributed by atoms with Gasteiger partial charge in [0.25, 0.3) is 0 Å². The number of aromatic carboxylic acids is 1. The number of nitrogens with one attached hydrogen (secondary N) is 1. The number of carbonyl (C=O) groups is 2. The zero-order valence-corrected chi connectivity index (χ0v) is 14.1. The van der Waals surface area contributed by atoms with Crippen molar-refractivity contribution in [2.24, 2.45) is 5.92 Å². The van der Waals surface area contributed by atoms with Crippen LogP contribution in [0.2, 0.25) is 0 Å². The van der Waals surface area contributed by atoms with Crippen molar-refractivity contribution in [3.05, 3.63) is 52.0 Å². The highest BCUT2D eigenvalue weighted by Gasteiger charge is 2.27. The van der Waals surface area contributed by atoms with E-state index >= 15 is 0 Å². The van der Waals surface area contributed by atoms with Gasteiger partial charge in [-0.15, -0.1) is 11.3 Å². The highest BCUT2D eigenvalue weighted by Crippen LogP contribution is 2.35. The van der Waals surface area contributed by atoms with Gasteiger partial charge in [0.2, 0.25) is 5.91 Å². The molecule has 5 nitrogen and oxygen atoms in total. The smallest absolute Gasteiger partial charge is 0.355 e. The largest absolute Gasteiger partial charge is 0.476 e. The van der Waals surface area contributed by atoms with E-state index < -0.39 is 5.97 Å². The van der Waals surface area contributed by atoms with Crippen molar-refractivity contribution in [1.29, 1.82) is 0 Å².